The summed E-state index contributed by atoms with van der Waals surface area (Å²) in [6, 6.07) is 5.21. The fourth-order valence-electron chi connectivity index (χ4n) is 5.09. The van der Waals surface area contributed by atoms with E-state index in [0.717, 1.165) is 11.0 Å². The fraction of sp³-hybridized carbons (Fsp3) is 0.652. The Morgan fingerprint density at radius 2 is 1.52 bits per heavy atom. The van der Waals surface area contributed by atoms with Crippen molar-refractivity contribution >= 4 is 16.9 Å². The second-order valence-electron chi connectivity index (χ2n) is 8.68. The number of carbonyl (C=O) groups excluding carboxylic acids is 1. The molecule has 0 N–H and O–H groups in total. The van der Waals surface area contributed by atoms with Gasteiger partial charge in [-0.1, -0.05) is 38.5 Å². The Morgan fingerprint density at radius 1 is 0.963 bits per heavy atom. The topological polar surface area (TPSA) is 38.1 Å². The number of carbonyl (C=O) groups is 1. The van der Waals surface area contributed by atoms with Gasteiger partial charge in [0.2, 0.25) is 5.91 Å². The lowest BCUT2D eigenvalue weighted by Crippen LogP contribution is -2.49. The molecule has 0 unspecified atom stereocenters. The number of fused-ring (bicyclic) bond motifs is 1. The fourth-order valence-corrected chi connectivity index (χ4v) is 5.09. The van der Waals surface area contributed by atoms with Crippen LogP contribution in [0.4, 0.5) is 0 Å². The number of aromatic nitrogens is 2. The third-order valence-corrected chi connectivity index (χ3v) is 6.77. The summed E-state index contributed by atoms with van der Waals surface area (Å²) in [5.74, 6) is 0.298. The molecule has 1 aromatic carbocycles. The summed E-state index contributed by atoms with van der Waals surface area (Å²) < 4.78 is 2.06. The average molecular weight is 368 g/mol. The largest absolute Gasteiger partial charge is 0.335 e. The second-order valence-corrected chi connectivity index (χ2v) is 8.68. The van der Waals surface area contributed by atoms with E-state index in [0.29, 0.717) is 24.5 Å². The molecule has 1 heterocycles. The molecular formula is C23H33N3O. The molecule has 4 heteroatoms. The first-order valence-electron chi connectivity index (χ1n) is 10.9. The molecule has 0 saturated heterocycles. The molecule has 2 aliphatic carbocycles. The normalized spacial score (nSPS) is 19.5. The van der Waals surface area contributed by atoms with E-state index in [1.807, 2.05) is 6.33 Å². The van der Waals surface area contributed by atoms with Crippen molar-refractivity contribution in [3.05, 3.63) is 29.6 Å². The molecule has 146 valence electrons. The van der Waals surface area contributed by atoms with Gasteiger partial charge in [-0.15, -0.1) is 0 Å². The maximum Gasteiger partial charge on any atom is 0.243 e. The molecule has 0 aliphatic heterocycles. The monoisotopic (exact) mass is 367 g/mol. The molecule has 2 saturated carbocycles. The number of hydrogen-bond donors (Lipinski definition) is 0. The quantitative estimate of drug-likeness (QED) is 0.750. The highest BCUT2D eigenvalue weighted by Crippen LogP contribution is 2.31. The zero-order chi connectivity index (χ0) is 18.8. The van der Waals surface area contributed by atoms with Crippen molar-refractivity contribution in [1.29, 1.82) is 0 Å². The van der Waals surface area contributed by atoms with Crippen molar-refractivity contribution in [2.45, 2.75) is 96.7 Å². The molecule has 2 aromatic rings. The zero-order valence-corrected chi connectivity index (χ0v) is 16.9. The summed E-state index contributed by atoms with van der Waals surface area (Å²) >= 11 is 0. The number of benzene rings is 1. The molecule has 27 heavy (non-hydrogen) atoms. The van der Waals surface area contributed by atoms with E-state index in [9.17, 15) is 4.79 Å². The molecule has 0 atom stereocenters. The summed E-state index contributed by atoms with van der Waals surface area (Å²) in [7, 11) is 0. The van der Waals surface area contributed by atoms with E-state index in [1.54, 1.807) is 0 Å². The lowest BCUT2D eigenvalue weighted by atomic mass is 9.88. The van der Waals surface area contributed by atoms with Gasteiger partial charge in [-0.3, -0.25) is 4.79 Å². The van der Waals surface area contributed by atoms with E-state index >= 15 is 0 Å². The van der Waals surface area contributed by atoms with Crippen LogP contribution < -0.4 is 0 Å². The maximum absolute atomic E-state index is 13.5. The Kier molecular flexibility index (Phi) is 5.51. The van der Waals surface area contributed by atoms with Gasteiger partial charge in [0.05, 0.1) is 17.4 Å². The van der Waals surface area contributed by atoms with Crippen LogP contribution in [0.1, 0.15) is 75.3 Å². The minimum Gasteiger partial charge on any atom is -0.335 e. The van der Waals surface area contributed by atoms with Gasteiger partial charge in [-0.2, -0.15) is 0 Å². The SMILES string of the molecule is Cc1cc2ncn(CC(=O)N(C3CCCCC3)C3CCCCC3)c2cc1C. The minimum absolute atomic E-state index is 0.298. The summed E-state index contributed by atoms with van der Waals surface area (Å²) in [4.78, 5) is 20.3. The van der Waals surface area contributed by atoms with Crippen molar-refractivity contribution in [3.8, 4) is 0 Å². The van der Waals surface area contributed by atoms with Crippen LogP contribution in [0.3, 0.4) is 0 Å². The van der Waals surface area contributed by atoms with E-state index < -0.39 is 0 Å². The molecule has 1 aromatic heterocycles. The van der Waals surface area contributed by atoms with Gasteiger partial charge in [-0.05, 0) is 62.8 Å². The van der Waals surface area contributed by atoms with Gasteiger partial charge in [0, 0.05) is 12.1 Å². The number of amides is 1. The van der Waals surface area contributed by atoms with Crippen LogP contribution in [-0.4, -0.2) is 32.4 Å². The van der Waals surface area contributed by atoms with Gasteiger partial charge in [0.1, 0.15) is 6.54 Å². The zero-order valence-electron chi connectivity index (χ0n) is 16.9. The first-order chi connectivity index (χ1) is 13.1. The molecule has 0 spiro atoms. The molecule has 4 rings (SSSR count). The Bertz CT molecular complexity index is 779. The van der Waals surface area contributed by atoms with Gasteiger partial charge in [-0.25, -0.2) is 4.98 Å². The summed E-state index contributed by atoms with van der Waals surface area (Å²) in [5.41, 5.74) is 4.59. The second kappa shape index (κ2) is 8.04. The van der Waals surface area contributed by atoms with Crippen LogP contribution in [0.2, 0.25) is 0 Å². The maximum atomic E-state index is 13.5. The van der Waals surface area contributed by atoms with Crippen LogP contribution in [0.5, 0.6) is 0 Å². The van der Waals surface area contributed by atoms with E-state index in [4.69, 9.17) is 0 Å². The number of aryl methyl sites for hydroxylation is 2. The van der Waals surface area contributed by atoms with Crippen LogP contribution >= 0.6 is 0 Å². The Hall–Kier alpha value is -1.84. The van der Waals surface area contributed by atoms with Crippen LogP contribution in [0.15, 0.2) is 18.5 Å². The van der Waals surface area contributed by atoms with Crippen molar-refractivity contribution in [3.63, 3.8) is 0 Å². The highest BCUT2D eigenvalue weighted by Gasteiger charge is 2.32. The molecule has 4 nitrogen and oxygen atoms in total. The minimum atomic E-state index is 0.298. The van der Waals surface area contributed by atoms with Gasteiger partial charge in [0.25, 0.3) is 0 Å². The number of imidazole rings is 1. The number of hydrogen-bond acceptors (Lipinski definition) is 2. The van der Waals surface area contributed by atoms with Crippen molar-refractivity contribution < 1.29 is 4.79 Å². The Balaban J connectivity index is 1.58. The van der Waals surface area contributed by atoms with Gasteiger partial charge < -0.3 is 9.47 Å². The predicted octanol–water partition coefficient (Wildman–Crippen LogP) is 5.15. The third-order valence-electron chi connectivity index (χ3n) is 6.77. The number of nitrogens with zero attached hydrogens (tertiary/aromatic N) is 3. The van der Waals surface area contributed by atoms with Gasteiger partial charge in [0.15, 0.2) is 0 Å². The smallest absolute Gasteiger partial charge is 0.243 e. The van der Waals surface area contributed by atoms with E-state index in [-0.39, 0.29) is 0 Å². The predicted molar refractivity (Wildman–Crippen MR) is 110 cm³/mol. The lowest BCUT2D eigenvalue weighted by molar-refractivity contribution is -0.138. The van der Waals surface area contributed by atoms with E-state index in [1.165, 1.54) is 75.3 Å². The Morgan fingerprint density at radius 3 is 2.11 bits per heavy atom. The molecule has 1 amide bonds. The first-order valence-corrected chi connectivity index (χ1v) is 10.9. The van der Waals surface area contributed by atoms with Crippen LogP contribution in [0.25, 0.3) is 11.0 Å². The van der Waals surface area contributed by atoms with Crippen molar-refractivity contribution in [2.75, 3.05) is 0 Å². The highest BCUT2D eigenvalue weighted by atomic mass is 16.2. The van der Waals surface area contributed by atoms with Crippen LogP contribution in [-0.2, 0) is 11.3 Å². The van der Waals surface area contributed by atoms with Gasteiger partial charge >= 0.3 is 0 Å². The molecule has 2 aliphatic rings. The molecule has 0 bridgehead atoms. The number of rotatable bonds is 4. The van der Waals surface area contributed by atoms with Crippen molar-refractivity contribution in [1.82, 2.24) is 14.5 Å². The molecule has 0 radical (unpaired) electrons. The molecular weight excluding hydrogens is 334 g/mol. The summed E-state index contributed by atoms with van der Waals surface area (Å²) in [6.07, 6.45) is 14.3. The summed E-state index contributed by atoms with van der Waals surface area (Å²) in [6.45, 7) is 4.67. The third kappa shape index (κ3) is 3.90. The highest BCUT2D eigenvalue weighted by molar-refractivity contribution is 5.82. The average Bonchev–Trinajstić information content (AvgIpc) is 3.05. The van der Waals surface area contributed by atoms with E-state index in [2.05, 4.69) is 40.4 Å². The standard InChI is InChI=1S/C23H33N3O/c1-17-13-21-22(14-18(17)2)25(16-24-21)15-23(27)26(19-9-5-3-6-10-19)20-11-7-4-8-12-20/h13-14,16,19-20H,3-12,15H2,1-2H3. The Labute approximate surface area is 163 Å². The van der Waals surface area contributed by atoms with Crippen LogP contribution in [0, 0.1) is 13.8 Å². The molecule has 2 fully saturated rings. The summed E-state index contributed by atoms with van der Waals surface area (Å²) in [5, 5.41) is 0. The lowest BCUT2D eigenvalue weighted by Gasteiger charge is -2.42. The first kappa shape index (κ1) is 18.5. The van der Waals surface area contributed by atoms with Crippen molar-refractivity contribution in [2.24, 2.45) is 0 Å².